The molecular weight excluding hydrogens is 384 g/mol. The third-order valence-electron chi connectivity index (χ3n) is 5.84. The molecule has 0 radical (unpaired) electrons. The Morgan fingerprint density at radius 1 is 0.700 bits per heavy atom. The fourth-order valence-electron chi connectivity index (χ4n) is 4.45. The highest BCUT2D eigenvalue weighted by molar-refractivity contribution is 8.00. The normalized spacial score (nSPS) is 19.3. The van der Waals surface area contributed by atoms with Crippen molar-refractivity contribution >= 4 is 28.1 Å². The van der Waals surface area contributed by atoms with Gasteiger partial charge in [0, 0.05) is 0 Å². The highest BCUT2D eigenvalue weighted by atomic mass is 32.2. The summed E-state index contributed by atoms with van der Waals surface area (Å²) >= 11 is 1.94. The van der Waals surface area contributed by atoms with Crippen LogP contribution in [0.4, 0.5) is 0 Å². The zero-order valence-corrected chi connectivity index (χ0v) is 17.2. The number of thioether (sulfide) groups is 1. The molecule has 1 aliphatic heterocycles. The Kier molecular flexibility index (Phi) is 4.24. The lowest BCUT2D eigenvalue weighted by molar-refractivity contribution is 0.249. The Labute approximate surface area is 180 Å². The van der Waals surface area contributed by atoms with Gasteiger partial charge in [-0.25, -0.2) is 0 Å². The number of ether oxygens (including phenoxy) is 1. The van der Waals surface area contributed by atoms with Crippen molar-refractivity contribution in [1.82, 2.24) is 0 Å². The Bertz CT molecular complexity index is 1250. The van der Waals surface area contributed by atoms with Crippen LogP contribution in [0.3, 0.4) is 0 Å². The summed E-state index contributed by atoms with van der Waals surface area (Å²) in [6.07, 6.45) is 4.55. The predicted molar refractivity (Wildman–Crippen MR) is 126 cm³/mol. The van der Waals surface area contributed by atoms with Crippen molar-refractivity contribution in [2.75, 3.05) is 0 Å². The van der Waals surface area contributed by atoms with Gasteiger partial charge >= 0.3 is 0 Å². The second-order valence-corrected chi connectivity index (χ2v) is 8.81. The number of fused-ring (bicyclic) bond motifs is 4. The van der Waals surface area contributed by atoms with E-state index in [-0.39, 0.29) is 11.4 Å². The zero-order chi connectivity index (χ0) is 19.9. The first kappa shape index (κ1) is 17.6. The standard InChI is InChI=1S/C28H20OS/c1-3-10-20(11-4-1)26(21-12-5-2-6-13-21)23-16-18-25-28(23)30-27-22-14-8-7-9-19(22)15-17-24(27)29-25/h1-18,25,28H. The molecule has 0 spiro atoms. The molecule has 1 heterocycles. The number of hydrogen-bond acceptors (Lipinski definition) is 2. The van der Waals surface area contributed by atoms with Crippen LogP contribution in [0, 0.1) is 0 Å². The lowest BCUT2D eigenvalue weighted by Gasteiger charge is -2.30. The molecule has 0 bridgehead atoms. The highest BCUT2D eigenvalue weighted by Gasteiger charge is 2.37. The molecule has 0 N–H and O–H groups in total. The van der Waals surface area contributed by atoms with Crippen molar-refractivity contribution in [2.24, 2.45) is 0 Å². The van der Waals surface area contributed by atoms with Crippen LogP contribution in [0.5, 0.6) is 5.75 Å². The number of hydrogen-bond donors (Lipinski definition) is 0. The van der Waals surface area contributed by atoms with E-state index in [0.29, 0.717) is 0 Å². The average Bonchev–Trinajstić information content (AvgIpc) is 3.22. The quantitative estimate of drug-likeness (QED) is 0.351. The molecular formula is C28H20OS. The van der Waals surface area contributed by atoms with Crippen LogP contribution in [-0.4, -0.2) is 11.4 Å². The molecule has 0 fully saturated rings. The maximum absolute atomic E-state index is 6.47. The SMILES string of the molecule is C1=CC2Oc3ccc4ccccc4c3SC2C1=C(c1ccccc1)c1ccccc1. The number of allylic oxidation sites excluding steroid dienone is 1. The molecule has 2 heteroatoms. The number of rotatable bonds is 2. The largest absolute Gasteiger partial charge is 0.484 e. The maximum atomic E-state index is 6.47. The monoisotopic (exact) mass is 404 g/mol. The van der Waals surface area contributed by atoms with Crippen molar-refractivity contribution in [3.05, 3.63) is 126 Å². The summed E-state index contributed by atoms with van der Waals surface area (Å²) < 4.78 is 6.47. The summed E-state index contributed by atoms with van der Waals surface area (Å²) in [5.41, 5.74) is 5.11. The lowest BCUT2D eigenvalue weighted by Crippen LogP contribution is -2.28. The Hall–Kier alpha value is -3.23. The van der Waals surface area contributed by atoms with E-state index < -0.39 is 0 Å². The first-order valence-corrected chi connectivity index (χ1v) is 11.1. The van der Waals surface area contributed by atoms with Crippen LogP contribution in [-0.2, 0) is 0 Å². The third kappa shape index (κ3) is 2.88. The topological polar surface area (TPSA) is 9.23 Å². The van der Waals surface area contributed by atoms with Gasteiger partial charge in [0.25, 0.3) is 0 Å². The summed E-state index contributed by atoms with van der Waals surface area (Å²) in [6, 6.07) is 34.3. The first-order chi connectivity index (χ1) is 14.9. The van der Waals surface area contributed by atoms with Gasteiger partial charge < -0.3 is 4.74 Å². The minimum absolute atomic E-state index is 0.0566. The second-order valence-electron chi connectivity index (χ2n) is 7.66. The van der Waals surface area contributed by atoms with E-state index in [1.54, 1.807) is 0 Å². The average molecular weight is 405 g/mol. The fourth-order valence-corrected chi connectivity index (χ4v) is 5.85. The van der Waals surface area contributed by atoms with Crippen molar-refractivity contribution in [2.45, 2.75) is 16.2 Å². The Morgan fingerprint density at radius 3 is 2.10 bits per heavy atom. The summed E-state index contributed by atoms with van der Waals surface area (Å²) in [7, 11) is 0. The molecule has 144 valence electrons. The second kappa shape index (κ2) is 7.23. The van der Waals surface area contributed by atoms with Crippen molar-refractivity contribution in [1.29, 1.82) is 0 Å². The molecule has 4 aromatic carbocycles. The van der Waals surface area contributed by atoms with Crippen LogP contribution >= 0.6 is 11.8 Å². The molecule has 0 amide bonds. The van der Waals surface area contributed by atoms with E-state index in [4.69, 9.17) is 4.74 Å². The molecule has 2 atom stereocenters. The van der Waals surface area contributed by atoms with Crippen LogP contribution in [0.25, 0.3) is 16.3 Å². The summed E-state index contributed by atoms with van der Waals surface area (Å²) in [5, 5.41) is 2.76. The first-order valence-electron chi connectivity index (χ1n) is 10.3. The highest BCUT2D eigenvalue weighted by Crippen LogP contribution is 2.50. The van der Waals surface area contributed by atoms with E-state index in [1.807, 2.05) is 11.8 Å². The van der Waals surface area contributed by atoms with E-state index in [2.05, 4.69) is 109 Å². The molecule has 1 nitrogen and oxygen atoms in total. The summed E-state index contributed by atoms with van der Waals surface area (Å²) in [5.74, 6) is 0.992. The van der Waals surface area contributed by atoms with Gasteiger partial charge in [0.05, 0.1) is 10.1 Å². The number of benzene rings is 4. The van der Waals surface area contributed by atoms with Gasteiger partial charge in [-0.3, -0.25) is 0 Å². The molecule has 30 heavy (non-hydrogen) atoms. The summed E-state index contributed by atoms with van der Waals surface area (Å²) in [4.78, 5) is 1.25. The Morgan fingerprint density at radius 2 is 1.37 bits per heavy atom. The van der Waals surface area contributed by atoms with Crippen LogP contribution in [0.15, 0.2) is 120 Å². The van der Waals surface area contributed by atoms with Gasteiger partial charge in [0.1, 0.15) is 11.9 Å². The van der Waals surface area contributed by atoms with Crippen LogP contribution < -0.4 is 4.74 Å². The lowest BCUT2D eigenvalue weighted by atomic mass is 9.92. The Balaban J connectivity index is 1.53. The van der Waals surface area contributed by atoms with Gasteiger partial charge in [-0.15, -0.1) is 11.8 Å². The molecule has 0 saturated carbocycles. The third-order valence-corrected chi connectivity index (χ3v) is 7.27. The van der Waals surface area contributed by atoms with Gasteiger partial charge in [-0.1, -0.05) is 97.1 Å². The van der Waals surface area contributed by atoms with Crippen LogP contribution in [0.1, 0.15) is 11.1 Å². The minimum Gasteiger partial charge on any atom is -0.484 e. The summed E-state index contributed by atoms with van der Waals surface area (Å²) in [6.45, 7) is 0. The zero-order valence-electron chi connectivity index (χ0n) is 16.4. The van der Waals surface area contributed by atoms with Gasteiger partial charge in [-0.2, -0.15) is 0 Å². The molecule has 6 rings (SSSR count). The van der Waals surface area contributed by atoms with E-state index in [0.717, 1.165) is 5.75 Å². The van der Waals surface area contributed by atoms with Crippen LogP contribution in [0.2, 0.25) is 0 Å². The fraction of sp³-hybridized carbons (Fsp3) is 0.0714. The molecule has 4 aromatic rings. The van der Waals surface area contributed by atoms with Crippen molar-refractivity contribution in [3.63, 3.8) is 0 Å². The van der Waals surface area contributed by atoms with Crippen molar-refractivity contribution in [3.8, 4) is 5.75 Å². The van der Waals surface area contributed by atoms with E-state index >= 15 is 0 Å². The van der Waals surface area contributed by atoms with Gasteiger partial charge in [0.15, 0.2) is 0 Å². The molecule has 0 saturated heterocycles. The maximum Gasteiger partial charge on any atom is 0.134 e. The molecule has 2 unspecified atom stereocenters. The minimum atomic E-state index is 0.0566. The van der Waals surface area contributed by atoms with Crippen molar-refractivity contribution < 1.29 is 4.74 Å². The van der Waals surface area contributed by atoms with Gasteiger partial charge in [0.2, 0.25) is 0 Å². The molecule has 2 aliphatic rings. The van der Waals surface area contributed by atoms with E-state index in [9.17, 15) is 0 Å². The predicted octanol–water partition coefficient (Wildman–Crippen LogP) is 7.13. The molecule has 0 aromatic heterocycles. The molecule has 1 aliphatic carbocycles. The van der Waals surface area contributed by atoms with Gasteiger partial charge in [-0.05, 0) is 45.2 Å². The van der Waals surface area contributed by atoms with E-state index in [1.165, 1.54) is 37.9 Å². The smallest absolute Gasteiger partial charge is 0.134 e.